The molecule has 0 spiro atoms. The lowest BCUT2D eigenvalue weighted by atomic mass is 9.91. The monoisotopic (exact) mass is 552 g/mol. The fraction of sp³-hybridized carbons (Fsp3) is 0.375. The molecule has 0 radical (unpaired) electrons. The van der Waals surface area contributed by atoms with Crippen molar-refractivity contribution in [2.45, 2.75) is 57.5 Å². The number of nitrogens with zero attached hydrogens (tertiary/aromatic N) is 4. The quantitative estimate of drug-likeness (QED) is 0.303. The number of carbonyl (C=O) groups excluding carboxylic acids is 2. The summed E-state index contributed by atoms with van der Waals surface area (Å²) in [6.45, 7) is 5.11. The maximum atomic E-state index is 13.8. The summed E-state index contributed by atoms with van der Waals surface area (Å²) in [5.74, 6) is -1.91. The van der Waals surface area contributed by atoms with Crippen LogP contribution in [0, 0.1) is 0 Å². The first-order chi connectivity index (χ1) is 17.6. The second-order valence-electron chi connectivity index (χ2n) is 10.1. The van der Waals surface area contributed by atoms with E-state index >= 15 is 0 Å². The van der Waals surface area contributed by atoms with E-state index in [1.807, 2.05) is 0 Å². The van der Waals surface area contributed by atoms with Gasteiger partial charge in [0.25, 0.3) is 18.2 Å². The summed E-state index contributed by atoms with van der Waals surface area (Å²) in [5.41, 5.74) is 3.25. The third-order valence-electron chi connectivity index (χ3n) is 6.13. The zero-order valence-corrected chi connectivity index (χ0v) is 21.1. The minimum absolute atomic E-state index is 0.0332. The molecular weight excluding hydrogens is 531 g/mol. The summed E-state index contributed by atoms with van der Waals surface area (Å²) < 4.78 is 69.0. The van der Waals surface area contributed by atoms with Crippen molar-refractivity contribution >= 4 is 44.7 Å². The van der Waals surface area contributed by atoms with E-state index in [0.717, 1.165) is 36.3 Å². The Hall–Kier alpha value is -3.68. The van der Waals surface area contributed by atoms with Crippen molar-refractivity contribution in [3.8, 4) is 0 Å². The molecule has 2 amide bonds. The fourth-order valence-electron chi connectivity index (χ4n) is 4.12. The maximum absolute atomic E-state index is 13.8. The number of primary amides is 1. The summed E-state index contributed by atoms with van der Waals surface area (Å²) in [7, 11) is 0. The first kappa shape index (κ1) is 25.9. The van der Waals surface area contributed by atoms with Crippen molar-refractivity contribution in [3.63, 3.8) is 0 Å². The van der Waals surface area contributed by atoms with E-state index in [-0.39, 0.29) is 32.7 Å². The van der Waals surface area contributed by atoms with Crippen LogP contribution in [0.2, 0.25) is 0 Å². The smallest absolute Gasteiger partial charge is 0.365 e. The van der Waals surface area contributed by atoms with Gasteiger partial charge in [-0.15, -0.1) is 11.3 Å². The average molecular weight is 553 g/mol. The number of nitrogens with one attached hydrogen (secondary N) is 1. The summed E-state index contributed by atoms with van der Waals surface area (Å²) in [4.78, 5) is 33.6. The van der Waals surface area contributed by atoms with Gasteiger partial charge in [0.05, 0.1) is 11.4 Å². The van der Waals surface area contributed by atoms with E-state index in [0.29, 0.717) is 15.5 Å². The highest BCUT2D eigenvalue weighted by Crippen LogP contribution is 2.48. The molecule has 1 fully saturated rings. The minimum atomic E-state index is -4.78. The molecule has 0 aromatic carbocycles. The van der Waals surface area contributed by atoms with Crippen LogP contribution in [0.1, 0.15) is 88.8 Å². The first-order valence-corrected chi connectivity index (χ1v) is 12.3. The van der Waals surface area contributed by atoms with E-state index in [9.17, 15) is 31.5 Å². The zero-order valence-electron chi connectivity index (χ0n) is 20.3. The molecule has 0 atom stereocenters. The lowest BCUT2D eigenvalue weighted by molar-refractivity contribution is -0.142. The van der Waals surface area contributed by atoms with Gasteiger partial charge < -0.3 is 11.1 Å². The van der Waals surface area contributed by atoms with Crippen molar-refractivity contribution in [1.82, 2.24) is 19.6 Å². The molecule has 0 bridgehead atoms. The summed E-state index contributed by atoms with van der Waals surface area (Å²) in [6.07, 6.45) is -6.17. The topological polar surface area (TPSA) is 115 Å². The fourth-order valence-corrected chi connectivity index (χ4v) is 5.14. The molecule has 1 aliphatic rings. The number of amides is 2. The SMILES string of the molecule is CC(C)(C)c1cc(C(F)(F)F)n2nc(C(=O)Nc3c(C(N)=O)sc4nc(C(F)F)cc(C5CC5)c34)cc2n1. The molecule has 1 aliphatic carbocycles. The van der Waals surface area contributed by atoms with Crippen molar-refractivity contribution in [3.05, 3.63) is 51.4 Å². The van der Waals surface area contributed by atoms with Crippen molar-refractivity contribution in [2.75, 3.05) is 5.32 Å². The number of aromatic nitrogens is 4. The predicted octanol–water partition coefficient (Wildman–Crippen LogP) is 5.82. The van der Waals surface area contributed by atoms with Gasteiger partial charge >= 0.3 is 6.18 Å². The van der Waals surface area contributed by atoms with Crippen LogP contribution in [-0.4, -0.2) is 31.4 Å². The van der Waals surface area contributed by atoms with E-state index in [1.165, 1.54) is 6.07 Å². The number of halogens is 5. The molecule has 5 rings (SSSR count). The van der Waals surface area contributed by atoms with E-state index < -0.39 is 46.9 Å². The Kier molecular flexibility index (Phi) is 5.93. The van der Waals surface area contributed by atoms with Gasteiger partial charge in [-0.3, -0.25) is 9.59 Å². The van der Waals surface area contributed by atoms with E-state index in [1.54, 1.807) is 20.8 Å². The number of carbonyl (C=O) groups is 2. The number of anilines is 1. The van der Waals surface area contributed by atoms with Gasteiger partial charge in [0, 0.05) is 16.9 Å². The van der Waals surface area contributed by atoms with Gasteiger partial charge in [0.15, 0.2) is 11.3 Å². The Morgan fingerprint density at radius 2 is 1.82 bits per heavy atom. The van der Waals surface area contributed by atoms with Crippen LogP contribution in [0.5, 0.6) is 0 Å². The number of pyridine rings is 1. The van der Waals surface area contributed by atoms with Crippen LogP contribution in [0.15, 0.2) is 18.2 Å². The molecule has 4 aromatic rings. The number of alkyl halides is 5. The number of nitrogens with two attached hydrogens (primary N) is 1. The average Bonchev–Trinajstić information content (AvgIpc) is 3.45. The van der Waals surface area contributed by atoms with Crippen LogP contribution in [0.3, 0.4) is 0 Å². The number of hydrogen-bond acceptors (Lipinski definition) is 6. The third-order valence-corrected chi connectivity index (χ3v) is 7.23. The summed E-state index contributed by atoms with van der Waals surface area (Å²) >= 11 is 0.755. The van der Waals surface area contributed by atoms with Crippen molar-refractivity contribution in [1.29, 1.82) is 0 Å². The van der Waals surface area contributed by atoms with E-state index in [4.69, 9.17) is 5.73 Å². The number of fused-ring (bicyclic) bond motifs is 2. The Balaban J connectivity index is 1.63. The summed E-state index contributed by atoms with van der Waals surface area (Å²) in [6, 6.07) is 3.23. The minimum Gasteiger partial charge on any atom is -0.365 e. The molecule has 4 aromatic heterocycles. The molecule has 200 valence electrons. The number of thiophene rings is 1. The number of hydrogen-bond donors (Lipinski definition) is 2. The second kappa shape index (κ2) is 8.68. The molecule has 3 N–H and O–H groups in total. The van der Waals surface area contributed by atoms with Crippen LogP contribution in [0.25, 0.3) is 15.9 Å². The van der Waals surface area contributed by atoms with Crippen LogP contribution < -0.4 is 11.1 Å². The highest BCUT2D eigenvalue weighted by Gasteiger charge is 2.37. The van der Waals surface area contributed by atoms with Gasteiger partial charge in [-0.25, -0.2) is 23.3 Å². The van der Waals surface area contributed by atoms with Gasteiger partial charge in [-0.1, -0.05) is 20.8 Å². The zero-order chi connectivity index (χ0) is 27.7. The lowest BCUT2D eigenvalue weighted by Crippen LogP contribution is -2.20. The number of rotatable bonds is 5. The van der Waals surface area contributed by atoms with Gasteiger partial charge in [0.1, 0.15) is 21.1 Å². The highest BCUT2D eigenvalue weighted by atomic mass is 32.1. The molecule has 14 heteroatoms. The molecule has 1 saturated carbocycles. The Morgan fingerprint density at radius 3 is 2.37 bits per heavy atom. The molecule has 38 heavy (non-hydrogen) atoms. The molecule has 0 saturated heterocycles. The van der Waals surface area contributed by atoms with Gasteiger partial charge in [0.2, 0.25) is 0 Å². The van der Waals surface area contributed by atoms with Crippen LogP contribution in [-0.2, 0) is 11.6 Å². The molecule has 0 aliphatic heterocycles. The first-order valence-electron chi connectivity index (χ1n) is 11.5. The predicted molar refractivity (Wildman–Crippen MR) is 130 cm³/mol. The van der Waals surface area contributed by atoms with Gasteiger partial charge in [-0.05, 0) is 36.5 Å². The Morgan fingerprint density at radius 1 is 1.13 bits per heavy atom. The van der Waals surface area contributed by atoms with E-state index in [2.05, 4.69) is 20.4 Å². The molecule has 4 heterocycles. The van der Waals surface area contributed by atoms with Crippen molar-refractivity contribution in [2.24, 2.45) is 5.73 Å². The Labute approximate surface area is 216 Å². The van der Waals surface area contributed by atoms with Crippen LogP contribution in [0.4, 0.5) is 27.6 Å². The normalized spacial score (nSPS) is 14.6. The lowest BCUT2D eigenvalue weighted by Gasteiger charge is -2.19. The third kappa shape index (κ3) is 4.57. The Bertz CT molecular complexity index is 1610. The van der Waals surface area contributed by atoms with Crippen molar-refractivity contribution < 1.29 is 31.5 Å². The second-order valence-corrected chi connectivity index (χ2v) is 11.1. The molecular formula is C24H21F5N6O2S. The van der Waals surface area contributed by atoms with Crippen LogP contribution >= 0.6 is 11.3 Å². The largest absolute Gasteiger partial charge is 0.433 e. The standard InChI is InChI=1S/C24H21F5N6O2S/c1-23(2,3)13-8-14(24(27,28)29)35-15(32-13)7-12(34-35)21(37)33-17-16-10(9-4-5-9)6-11(19(25)26)31-22(16)38-18(17)20(30)36/h6-9,19H,4-5H2,1-3H3,(H2,30,36)(H,33,37). The molecule has 0 unspecified atom stereocenters. The highest BCUT2D eigenvalue weighted by molar-refractivity contribution is 7.21. The van der Waals surface area contributed by atoms with Gasteiger partial charge in [-0.2, -0.15) is 18.3 Å². The summed E-state index contributed by atoms with van der Waals surface area (Å²) in [5, 5.41) is 6.67. The molecule has 8 nitrogen and oxygen atoms in total. The maximum Gasteiger partial charge on any atom is 0.433 e.